The number of rotatable bonds is 6. The topological polar surface area (TPSA) is 92.9 Å². The molecule has 1 saturated heterocycles. The van der Waals surface area contributed by atoms with Gasteiger partial charge in [0.05, 0.1) is 25.0 Å². The lowest BCUT2D eigenvalue weighted by atomic mass is 9.89. The van der Waals surface area contributed by atoms with E-state index in [1.54, 1.807) is 12.0 Å². The van der Waals surface area contributed by atoms with Gasteiger partial charge in [-0.1, -0.05) is 24.3 Å². The van der Waals surface area contributed by atoms with Crippen molar-refractivity contribution in [2.45, 2.75) is 37.9 Å². The van der Waals surface area contributed by atoms with E-state index in [1.807, 2.05) is 24.3 Å². The van der Waals surface area contributed by atoms with Crippen LogP contribution in [0.4, 0.5) is 0 Å². The Hall–Kier alpha value is -1.92. The van der Waals surface area contributed by atoms with E-state index in [9.17, 15) is 14.7 Å². The van der Waals surface area contributed by atoms with Crippen LogP contribution in [-0.2, 0) is 27.4 Å². The summed E-state index contributed by atoms with van der Waals surface area (Å²) in [5.41, 5.74) is 5.91. The number of benzene rings is 1. The molecule has 0 aromatic heterocycles. The number of carbonyl (C=O) groups excluding carboxylic acids is 2. The summed E-state index contributed by atoms with van der Waals surface area (Å²) in [7, 11) is 1.63. The largest absolute Gasteiger partial charge is 0.388 e. The second-order valence-corrected chi connectivity index (χ2v) is 6.22. The number of hydrogen-bond acceptors (Lipinski definition) is 4. The Morgan fingerprint density at radius 1 is 1.39 bits per heavy atom. The number of amides is 2. The lowest BCUT2D eigenvalue weighted by Gasteiger charge is -2.38. The Labute approximate surface area is 136 Å². The molecule has 0 saturated carbocycles. The van der Waals surface area contributed by atoms with Gasteiger partial charge in [-0.15, -0.1) is 0 Å². The van der Waals surface area contributed by atoms with Crippen LogP contribution < -0.4 is 5.73 Å². The molecule has 1 heterocycles. The molecule has 0 radical (unpaired) electrons. The Kier molecular flexibility index (Phi) is 5.74. The average Bonchev–Trinajstić information content (AvgIpc) is 2.46. The van der Waals surface area contributed by atoms with E-state index in [4.69, 9.17) is 10.5 Å². The molecule has 1 unspecified atom stereocenters. The number of aliphatic hydroxyl groups is 1. The summed E-state index contributed by atoms with van der Waals surface area (Å²) in [6.45, 7) is 1.26. The van der Waals surface area contributed by atoms with Gasteiger partial charge in [0.25, 0.3) is 0 Å². The van der Waals surface area contributed by atoms with Gasteiger partial charge in [0.15, 0.2) is 0 Å². The second kappa shape index (κ2) is 7.57. The van der Waals surface area contributed by atoms with Gasteiger partial charge in [0.1, 0.15) is 0 Å². The lowest BCUT2D eigenvalue weighted by molar-refractivity contribution is -0.141. The minimum atomic E-state index is -1.20. The highest BCUT2D eigenvalue weighted by Crippen LogP contribution is 2.25. The first-order valence-corrected chi connectivity index (χ1v) is 7.77. The molecule has 1 aromatic carbocycles. The summed E-state index contributed by atoms with van der Waals surface area (Å²) in [5, 5.41) is 10.4. The number of β-amino-alcohol motifs (C(OH)–C–C–N with tert-alkyl or cyclic N) is 1. The molecule has 6 heteroatoms. The van der Waals surface area contributed by atoms with E-state index in [-0.39, 0.29) is 25.3 Å². The van der Waals surface area contributed by atoms with Crippen molar-refractivity contribution in [1.82, 2.24) is 4.90 Å². The number of methoxy groups -OCH3 is 1. The van der Waals surface area contributed by atoms with Crippen molar-refractivity contribution in [3.8, 4) is 0 Å². The molecule has 3 N–H and O–H groups in total. The smallest absolute Gasteiger partial charge is 0.227 e. The van der Waals surface area contributed by atoms with Crippen LogP contribution in [-0.4, -0.2) is 47.6 Å². The zero-order valence-electron chi connectivity index (χ0n) is 13.5. The van der Waals surface area contributed by atoms with Gasteiger partial charge >= 0.3 is 0 Å². The van der Waals surface area contributed by atoms with Crippen molar-refractivity contribution in [2.75, 3.05) is 20.2 Å². The first kappa shape index (κ1) is 17.4. The maximum Gasteiger partial charge on any atom is 0.227 e. The molecule has 1 atom stereocenters. The van der Waals surface area contributed by atoms with Crippen molar-refractivity contribution in [1.29, 1.82) is 0 Å². The van der Waals surface area contributed by atoms with Crippen LogP contribution in [0, 0.1) is 0 Å². The molecule has 1 aromatic rings. The number of nitrogens with zero attached hydrogens (tertiary/aromatic N) is 1. The Bertz CT molecular complexity index is 575. The minimum absolute atomic E-state index is 0.0536. The number of carbonyl (C=O) groups is 2. The van der Waals surface area contributed by atoms with Crippen molar-refractivity contribution in [3.63, 3.8) is 0 Å². The van der Waals surface area contributed by atoms with Crippen LogP contribution in [0.1, 0.15) is 30.4 Å². The van der Waals surface area contributed by atoms with Gasteiger partial charge < -0.3 is 20.5 Å². The van der Waals surface area contributed by atoms with Gasteiger partial charge in [0.2, 0.25) is 11.8 Å². The zero-order chi connectivity index (χ0) is 16.9. The third-order valence-corrected chi connectivity index (χ3v) is 4.07. The van der Waals surface area contributed by atoms with Crippen LogP contribution >= 0.6 is 0 Å². The van der Waals surface area contributed by atoms with E-state index in [0.717, 1.165) is 11.1 Å². The van der Waals surface area contributed by atoms with Crippen LogP contribution in [0.5, 0.6) is 0 Å². The molecule has 1 aliphatic heterocycles. The van der Waals surface area contributed by atoms with Crippen LogP contribution in [0.25, 0.3) is 0 Å². The molecule has 0 aliphatic carbocycles. The maximum atomic E-state index is 12.5. The van der Waals surface area contributed by atoms with Gasteiger partial charge in [0, 0.05) is 20.2 Å². The Balaban J connectivity index is 2.00. The SMILES string of the molecule is COCc1cccc(CC(=O)N2CCCC(O)(CC(N)=O)C2)c1. The number of hydrogen-bond donors (Lipinski definition) is 2. The molecule has 6 nitrogen and oxygen atoms in total. The number of ether oxygens (including phenoxy) is 1. The van der Waals surface area contributed by atoms with Gasteiger partial charge in [-0.05, 0) is 24.0 Å². The highest BCUT2D eigenvalue weighted by atomic mass is 16.5. The molecule has 23 heavy (non-hydrogen) atoms. The first-order valence-electron chi connectivity index (χ1n) is 7.77. The molecular weight excluding hydrogens is 296 g/mol. The number of piperidine rings is 1. The predicted octanol–water partition coefficient (Wildman–Crippen LogP) is 0.604. The summed E-state index contributed by atoms with van der Waals surface area (Å²) in [4.78, 5) is 25.2. The summed E-state index contributed by atoms with van der Waals surface area (Å²) in [6.07, 6.45) is 1.31. The van der Waals surface area contributed by atoms with E-state index < -0.39 is 11.5 Å². The molecule has 1 fully saturated rings. The van der Waals surface area contributed by atoms with Crippen LogP contribution in [0.3, 0.4) is 0 Å². The summed E-state index contributed by atoms with van der Waals surface area (Å²) >= 11 is 0. The Morgan fingerprint density at radius 2 is 2.13 bits per heavy atom. The minimum Gasteiger partial charge on any atom is -0.388 e. The Morgan fingerprint density at radius 3 is 2.83 bits per heavy atom. The fraction of sp³-hybridized carbons (Fsp3) is 0.529. The lowest BCUT2D eigenvalue weighted by Crippen LogP contribution is -2.52. The fourth-order valence-electron chi connectivity index (χ4n) is 3.08. The van der Waals surface area contributed by atoms with E-state index in [2.05, 4.69) is 0 Å². The maximum absolute atomic E-state index is 12.5. The van der Waals surface area contributed by atoms with Crippen LogP contribution in [0.15, 0.2) is 24.3 Å². The van der Waals surface area contributed by atoms with Crippen molar-refractivity contribution >= 4 is 11.8 Å². The quantitative estimate of drug-likeness (QED) is 0.803. The molecule has 1 aliphatic rings. The summed E-state index contributed by atoms with van der Waals surface area (Å²) in [6, 6.07) is 7.69. The monoisotopic (exact) mass is 320 g/mol. The fourth-order valence-corrected chi connectivity index (χ4v) is 3.08. The van der Waals surface area contributed by atoms with E-state index in [1.165, 1.54) is 0 Å². The van der Waals surface area contributed by atoms with Gasteiger partial charge in [-0.25, -0.2) is 0 Å². The van der Waals surface area contributed by atoms with Crippen molar-refractivity contribution in [2.24, 2.45) is 5.73 Å². The van der Waals surface area contributed by atoms with E-state index >= 15 is 0 Å². The summed E-state index contributed by atoms with van der Waals surface area (Å²) < 4.78 is 5.10. The van der Waals surface area contributed by atoms with Gasteiger partial charge in [-0.3, -0.25) is 9.59 Å². The summed E-state index contributed by atoms with van der Waals surface area (Å²) in [5.74, 6) is -0.601. The highest BCUT2D eigenvalue weighted by Gasteiger charge is 2.36. The molecule has 2 amide bonds. The molecule has 2 rings (SSSR count). The molecule has 0 spiro atoms. The van der Waals surface area contributed by atoms with Crippen molar-refractivity contribution < 1.29 is 19.4 Å². The molecule has 0 bridgehead atoms. The number of nitrogens with two attached hydrogens (primary N) is 1. The predicted molar refractivity (Wildman–Crippen MR) is 85.4 cm³/mol. The zero-order valence-corrected chi connectivity index (χ0v) is 13.5. The van der Waals surface area contributed by atoms with E-state index in [0.29, 0.717) is 26.0 Å². The highest BCUT2D eigenvalue weighted by molar-refractivity contribution is 5.79. The van der Waals surface area contributed by atoms with Gasteiger partial charge in [-0.2, -0.15) is 0 Å². The standard InChI is InChI=1S/C17H24N2O4/c1-23-11-14-5-2-4-13(8-14)9-16(21)19-7-3-6-17(22,12-19)10-15(18)20/h2,4-5,8,22H,3,6-7,9-12H2,1H3,(H2,18,20). The average molecular weight is 320 g/mol. The number of primary amides is 1. The number of likely N-dealkylation sites (tertiary alicyclic amines) is 1. The third-order valence-electron chi connectivity index (χ3n) is 4.07. The second-order valence-electron chi connectivity index (χ2n) is 6.22. The first-order chi connectivity index (χ1) is 10.9. The van der Waals surface area contributed by atoms with Crippen LogP contribution in [0.2, 0.25) is 0 Å². The molecule has 126 valence electrons. The van der Waals surface area contributed by atoms with Crippen molar-refractivity contribution in [3.05, 3.63) is 35.4 Å². The normalized spacial score (nSPS) is 21.2. The third kappa shape index (κ3) is 5.04. The molecular formula is C17H24N2O4.